The lowest BCUT2D eigenvalue weighted by Crippen LogP contribution is -2.26. The summed E-state index contributed by atoms with van der Waals surface area (Å²) in [6.07, 6.45) is 4.98. The number of amides is 1. The summed E-state index contributed by atoms with van der Waals surface area (Å²) in [7, 11) is 1.62. The number of carbonyl (C=O) groups excluding carboxylic acids is 1. The summed E-state index contributed by atoms with van der Waals surface area (Å²) in [4.78, 5) is 19.8. The molecule has 2 N–H and O–H groups in total. The summed E-state index contributed by atoms with van der Waals surface area (Å²) in [5.41, 5.74) is 2.77. The second kappa shape index (κ2) is 8.48. The average molecular weight is 387 g/mol. The van der Waals surface area contributed by atoms with Gasteiger partial charge in [-0.1, -0.05) is 18.2 Å². The molecule has 0 fully saturated rings. The minimum Gasteiger partial charge on any atom is -0.497 e. The van der Waals surface area contributed by atoms with E-state index in [1.165, 1.54) is 6.08 Å². The van der Waals surface area contributed by atoms with Gasteiger partial charge in [0.05, 0.1) is 31.1 Å². The molecule has 6 nitrogen and oxygen atoms in total. The number of nitrogens with zero attached hydrogens (tertiary/aromatic N) is 1. The fourth-order valence-electron chi connectivity index (χ4n) is 3.09. The number of pyridine rings is 1. The third kappa shape index (κ3) is 4.38. The lowest BCUT2D eigenvalue weighted by molar-refractivity contribution is -0.116. The number of methoxy groups -OCH3 is 1. The molecule has 0 saturated carbocycles. The van der Waals surface area contributed by atoms with Gasteiger partial charge in [0.15, 0.2) is 0 Å². The van der Waals surface area contributed by atoms with Crippen LogP contribution in [0.15, 0.2) is 66.9 Å². The van der Waals surface area contributed by atoms with Crippen molar-refractivity contribution in [2.45, 2.75) is 0 Å². The van der Waals surface area contributed by atoms with Gasteiger partial charge >= 0.3 is 0 Å². The molecule has 2 aromatic carbocycles. The Morgan fingerprint density at radius 2 is 1.86 bits per heavy atom. The molecule has 0 aliphatic rings. The molecule has 0 saturated heterocycles. The number of ether oxygens (including phenoxy) is 2. The van der Waals surface area contributed by atoms with E-state index in [0.717, 1.165) is 39.0 Å². The Kier molecular flexibility index (Phi) is 5.42. The van der Waals surface area contributed by atoms with Crippen molar-refractivity contribution in [3.05, 3.63) is 72.6 Å². The van der Waals surface area contributed by atoms with E-state index in [4.69, 9.17) is 9.47 Å². The number of aromatic amines is 1. The number of aromatic nitrogens is 2. The van der Waals surface area contributed by atoms with E-state index in [1.54, 1.807) is 19.4 Å². The van der Waals surface area contributed by atoms with Crippen LogP contribution in [0.2, 0.25) is 0 Å². The number of fused-ring (bicyclic) bond motifs is 3. The maximum Gasteiger partial charge on any atom is 0.244 e. The first-order valence-electron chi connectivity index (χ1n) is 9.32. The summed E-state index contributed by atoms with van der Waals surface area (Å²) < 4.78 is 10.7. The molecule has 0 spiro atoms. The highest BCUT2D eigenvalue weighted by molar-refractivity contribution is 6.07. The number of carbonyl (C=O) groups is 1. The first-order chi connectivity index (χ1) is 14.2. The van der Waals surface area contributed by atoms with Gasteiger partial charge in [-0.15, -0.1) is 0 Å². The largest absolute Gasteiger partial charge is 0.497 e. The van der Waals surface area contributed by atoms with E-state index >= 15 is 0 Å². The molecule has 0 aliphatic heterocycles. The summed E-state index contributed by atoms with van der Waals surface area (Å²) in [6, 6.07) is 17.4. The van der Waals surface area contributed by atoms with Gasteiger partial charge in [-0.05, 0) is 42.5 Å². The number of rotatable bonds is 7. The van der Waals surface area contributed by atoms with Gasteiger partial charge in [0.2, 0.25) is 5.91 Å². The van der Waals surface area contributed by atoms with Crippen LogP contribution in [0.4, 0.5) is 0 Å². The molecule has 146 valence electrons. The molecule has 0 atom stereocenters. The van der Waals surface area contributed by atoms with Crippen LogP contribution in [0.1, 0.15) is 5.69 Å². The standard InChI is InChI=1S/C23H21N3O3/c1-28-17-7-9-18(10-8-17)29-13-12-24-23(27)11-6-16-14-20-19-4-2-3-5-21(19)26-22(20)15-25-16/h2-11,14-15,26H,12-13H2,1H3,(H,24,27)/b11-6+. The van der Waals surface area contributed by atoms with Crippen LogP contribution in [0, 0.1) is 0 Å². The number of benzene rings is 2. The molecule has 4 rings (SSSR count). The van der Waals surface area contributed by atoms with Gasteiger partial charge in [0.1, 0.15) is 18.1 Å². The van der Waals surface area contributed by atoms with Crippen molar-refractivity contribution in [1.82, 2.24) is 15.3 Å². The average Bonchev–Trinajstić information content (AvgIpc) is 3.13. The van der Waals surface area contributed by atoms with E-state index in [9.17, 15) is 4.79 Å². The third-order valence-electron chi connectivity index (χ3n) is 4.55. The quantitative estimate of drug-likeness (QED) is 0.372. The summed E-state index contributed by atoms with van der Waals surface area (Å²) in [5.74, 6) is 1.31. The summed E-state index contributed by atoms with van der Waals surface area (Å²) in [6.45, 7) is 0.787. The van der Waals surface area contributed by atoms with Crippen molar-refractivity contribution in [2.24, 2.45) is 0 Å². The Morgan fingerprint density at radius 3 is 2.69 bits per heavy atom. The van der Waals surface area contributed by atoms with Crippen LogP contribution in [-0.2, 0) is 4.79 Å². The zero-order chi connectivity index (χ0) is 20.1. The van der Waals surface area contributed by atoms with Crippen LogP contribution < -0.4 is 14.8 Å². The van der Waals surface area contributed by atoms with Crippen LogP contribution in [0.25, 0.3) is 27.9 Å². The van der Waals surface area contributed by atoms with Crippen LogP contribution in [0.5, 0.6) is 11.5 Å². The Hall–Kier alpha value is -3.80. The van der Waals surface area contributed by atoms with E-state index in [2.05, 4.69) is 21.4 Å². The molecule has 4 aromatic rings. The Balaban J connectivity index is 1.31. The van der Waals surface area contributed by atoms with Crippen molar-refractivity contribution in [3.63, 3.8) is 0 Å². The highest BCUT2D eigenvalue weighted by atomic mass is 16.5. The van der Waals surface area contributed by atoms with Gasteiger partial charge in [0.25, 0.3) is 0 Å². The fraction of sp³-hybridized carbons (Fsp3) is 0.130. The summed E-state index contributed by atoms with van der Waals surface area (Å²) >= 11 is 0. The van der Waals surface area contributed by atoms with Crippen molar-refractivity contribution in [3.8, 4) is 11.5 Å². The Labute approximate surface area is 168 Å². The molecule has 2 aromatic heterocycles. The van der Waals surface area contributed by atoms with Crippen molar-refractivity contribution in [1.29, 1.82) is 0 Å². The predicted octanol–water partition coefficient (Wildman–Crippen LogP) is 3.93. The van der Waals surface area contributed by atoms with Gasteiger partial charge in [-0.25, -0.2) is 0 Å². The van der Waals surface area contributed by atoms with Gasteiger partial charge in [-0.2, -0.15) is 0 Å². The first-order valence-corrected chi connectivity index (χ1v) is 9.32. The van der Waals surface area contributed by atoms with Crippen LogP contribution in [0.3, 0.4) is 0 Å². The zero-order valence-corrected chi connectivity index (χ0v) is 16.0. The topological polar surface area (TPSA) is 76.2 Å². The van der Waals surface area contributed by atoms with Crippen molar-refractivity contribution >= 4 is 33.8 Å². The monoisotopic (exact) mass is 387 g/mol. The molecule has 0 unspecified atom stereocenters. The molecule has 6 heteroatoms. The van der Waals surface area contributed by atoms with Crippen LogP contribution in [-0.4, -0.2) is 36.1 Å². The SMILES string of the molecule is COc1ccc(OCCNC(=O)/C=C/c2cc3c(cn2)[nH]c2ccccc23)cc1. The molecule has 29 heavy (non-hydrogen) atoms. The summed E-state index contributed by atoms with van der Waals surface area (Å²) in [5, 5.41) is 5.02. The normalized spacial score (nSPS) is 11.2. The zero-order valence-electron chi connectivity index (χ0n) is 16.0. The molecular formula is C23H21N3O3. The number of H-pyrrole nitrogens is 1. The Bertz CT molecular complexity index is 1160. The lowest BCUT2D eigenvalue weighted by atomic mass is 10.1. The lowest BCUT2D eigenvalue weighted by Gasteiger charge is -2.07. The molecule has 0 aliphatic carbocycles. The minimum absolute atomic E-state index is 0.191. The minimum atomic E-state index is -0.191. The Morgan fingerprint density at radius 1 is 1.07 bits per heavy atom. The van der Waals surface area contributed by atoms with E-state index in [1.807, 2.05) is 48.5 Å². The van der Waals surface area contributed by atoms with E-state index in [0.29, 0.717) is 13.2 Å². The third-order valence-corrected chi connectivity index (χ3v) is 4.55. The second-order valence-electron chi connectivity index (χ2n) is 6.47. The number of nitrogens with one attached hydrogen (secondary N) is 2. The van der Waals surface area contributed by atoms with Gasteiger partial charge in [-0.3, -0.25) is 9.78 Å². The van der Waals surface area contributed by atoms with Crippen molar-refractivity contribution in [2.75, 3.05) is 20.3 Å². The van der Waals surface area contributed by atoms with E-state index in [-0.39, 0.29) is 5.91 Å². The first kappa shape index (κ1) is 18.6. The molecule has 1 amide bonds. The van der Waals surface area contributed by atoms with Crippen molar-refractivity contribution < 1.29 is 14.3 Å². The highest BCUT2D eigenvalue weighted by Crippen LogP contribution is 2.25. The van der Waals surface area contributed by atoms with Crippen LogP contribution >= 0.6 is 0 Å². The van der Waals surface area contributed by atoms with E-state index < -0.39 is 0 Å². The number of hydrogen-bond donors (Lipinski definition) is 2. The van der Waals surface area contributed by atoms with Gasteiger partial charge < -0.3 is 19.8 Å². The number of hydrogen-bond acceptors (Lipinski definition) is 4. The predicted molar refractivity (Wildman–Crippen MR) is 114 cm³/mol. The molecular weight excluding hydrogens is 366 g/mol. The maximum absolute atomic E-state index is 12.0. The maximum atomic E-state index is 12.0. The smallest absolute Gasteiger partial charge is 0.244 e. The fourth-order valence-corrected chi connectivity index (χ4v) is 3.09. The molecule has 0 bridgehead atoms. The molecule has 0 radical (unpaired) electrons. The van der Waals surface area contributed by atoms with Gasteiger partial charge in [0, 0.05) is 22.4 Å². The second-order valence-corrected chi connectivity index (χ2v) is 6.47. The number of para-hydroxylation sites is 1. The molecule has 2 heterocycles. The highest BCUT2D eigenvalue weighted by Gasteiger charge is 2.04.